The summed E-state index contributed by atoms with van der Waals surface area (Å²) < 4.78 is 2.18. The molecule has 0 spiro atoms. The molecule has 3 rings (SSSR count). The largest absolute Gasteiger partial charge is 0.339 e. The van der Waals surface area contributed by atoms with Crippen LogP contribution < -0.4 is 11.3 Å². The number of para-hydroxylation sites is 1. The number of hydrazine groups is 1. The van der Waals surface area contributed by atoms with Gasteiger partial charge in [0.15, 0.2) is 0 Å². The van der Waals surface area contributed by atoms with E-state index in [2.05, 4.69) is 40.1 Å². The molecule has 5 nitrogen and oxygen atoms in total. The lowest BCUT2D eigenvalue weighted by molar-refractivity contribution is 0.0948. The van der Waals surface area contributed by atoms with Crippen LogP contribution in [0.5, 0.6) is 0 Å². The molecule has 0 bridgehead atoms. The first-order valence-electron chi connectivity index (χ1n) is 6.71. The van der Waals surface area contributed by atoms with Gasteiger partial charge in [-0.05, 0) is 36.6 Å². The first-order chi connectivity index (χ1) is 10.2. The molecular weight excluding hydrogens is 264 g/mol. The monoisotopic (exact) mass is 280 g/mol. The maximum Gasteiger partial charge on any atom is 0.283 e. The van der Waals surface area contributed by atoms with Crippen LogP contribution in [0.2, 0.25) is 0 Å². The Morgan fingerprint density at radius 3 is 2.86 bits per heavy atom. The van der Waals surface area contributed by atoms with Gasteiger partial charge in [-0.15, -0.1) is 0 Å². The number of carbonyl (C=O) groups excluding carboxylic acids is 1. The standard InChI is InChI=1S/C16H16N4O/c1-11-9-12-5-2-3-8-15(12)20(11)10-13-6-4-7-14(18-13)16(21)19-17/h2-9H,10,17H2,1H3,(H,19,21). The average Bonchev–Trinajstić information content (AvgIpc) is 2.83. The topological polar surface area (TPSA) is 72.9 Å². The summed E-state index contributed by atoms with van der Waals surface area (Å²) in [6, 6.07) is 15.7. The molecule has 1 aromatic carbocycles. The number of hydrogen-bond donors (Lipinski definition) is 2. The van der Waals surface area contributed by atoms with Crippen molar-refractivity contribution in [3.8, 4) is 0 Å². The molecule has 2 heterocycles. The third kappa shape index (κ3) is 2.51. The van der Waals surface area contributed by atoms with Gasteiger partial charge in [-0.3, -0.25) is 10.2 Å². The molecule has 21 heavy (non-hydrogen) atoms. The highest BCUT2D eigenvalue weighted by molar-refractivity contribution is 5.91. The molecule has 106 valence electrons. The molecular formula is C16H16N4O. The highest BCUT2D eigenvalue weighted by atomic mass is 16.2. The van der Waals surface area contributed by atoms with Crippen molar-refractivity contribution in [3.63, 3.8) is 0 Å². The van der Waals surface area contributed by atoms with Gasteiger partial charge in [0, 0.05) is 11.2 Å². The van der Waals surface area contributed by atoms with Gasteiger partial charge in [-0.1, -0.05) is 24.3 Å². The van der Waals surface area contributed by atoms with Crippen LogP contribution in [0.3, 0.4) is 0 Å². The van der Waals surface area contributed by atoms with Crippen LogP contribution in [0, 0.1) is 6.92 Å². The van der Waals surface area contributed by atoms with Gasteiger partial charge in [0.25, 0.3) is 5.91 Å². The van der Waals surface area contributed by atoms with Crippen LogP contribution in [-0.2, 0) is 6.54 Å². The number of nitrogens with two attached hydrogens (primary N) is 1. The van der Waals surface area contributed by atoms with Crippen LogP contribution >= 0.6 is 0 Å². The fraction of sp³-hybridized carbons (Fsp3) is 0.125. The molecule has 1 amide bonds. The zero-order valence-electron chi connectivity index (χ0n) is 11.7. The van der Waals surface area contributed by atoms with Crippen LogP contribution in [0.15, 0.2) is 48.5 Å². The zero-order chi connectivity index (χ0) is 14.8. The van der Waals surface area contributed by atoms with E-state index in [1.54, 1.807) is 6.07 Å². The van der Waals surface area contributed by atoms with Gasteiger partial charge in [0.1, 0.15) is 5.69 Å². The van der Waals surface area contributed by atoms with E-state index in [9.17, 15) is 4.79 Å². The number of aryl methyl sites for hydroxylation is 1. The van der Waals surface area contributed by atoms with Gasteiger partial charge < -0.3 is 4.57 Å². The Morgan fingerprint density at radius 2 is 2.05 bits per heavy atom. The quantitative estimate of drug-likeness (QED) is 0.438. The number of fused-ring (bicyclic) bond motifs is 1. The minimum Gasteiger partial charge on any atom is -0.339 e. The maximum absolute atomic E-state index is 11.5. The molecule has 0 saturated carbocycles. The van der Waals surface area contributed by atoms with E-state index in [1.807, 2.05) is 24.3 Å². The van der Waals surface area contributed by atoms with E-state index in [1.165, 1.54) is 5.39 Å². The summed E-state index contributed by atoms with van der Waals surface area (Å²) in [6.07, 6.45) is 0. The van der Waals surface area contributed by atoms with E-state index in [-0.39, 0.29) is 5.91 Å². The van der Waals surface area contributed by atoms with Crippen LogP contribution in [0.4, 0.5) is 0 Å². The zero-order valence-corrected chi connectivity index (χ0v) is 11.7. The lowest BCUT2D eigenvalue weighted by Crippen LogP contribution is -2.30. The number of carbonyl (C=O) groups is 1. The first kappa shape index (κ1) is 13.3. The second-order valence-corrected chi connectivity index (χ2v) is 4.92. The van der Waals surface area contributed by atoms with Crippen LogP contribution in [0.25, 0.3) is 10.9 Å². The Labute approximate surface area is 122 Å². The summed E-state index contributed by atoms with van der Waals surface area (Å²) in [4.78, 5) is 15.9. The number of nitrogens with one attached hydrogen (secondary N) is 1. The number of hydrogen-bond acceptors (Lipinski definition) is 3. The van der Waals surface area contributed by atoms with E-state index in [0.717, 1.165) is 16.9 Å². The number of benzene rings is 1. The van der Waals surface area contributed by atoms with Crippen molar-refractivity contribution in [1.29, 1.82) is 0 Å². The van der Waals surface area contributed by atoms with Crippen LogP contribution in [-0.4, -0.2) is 15.5 Å². The molecule has 0 aliphatic heterocycles. The predicted molar refractivity (Wildman–Crippen MR) is 81.7 cm³/mol. The lowest BCUT2D eigenvalue weighted by atomic mass is 10.2. The van der Waals surface area contributed by atoms with Crippen molar-refractivity contribution in [2.45, 2.75) is 13.5 Å². The number of nitrogens with zero attached hydrogens (tertiary/aromatic N) is 2. The average molecular weight is 280 g/mol. The Morgan fingerprint density at radius 1 is 1.24 bits per heavy atom. The van der Waals surface area contributed by atoms with Crippen LogP contribution in [0.1, 0.15) is 21.9 Å². The summed E-state index contributed by atoms with van der Waals surface area (Å²) in [5, 5.41) is 1.20. The Hall–Kier alpha value is -2.66. The van der Waals surface area contributed by atoms with E-state index >= 15 is 0 Å². The smallest absolute Gasteiger partial charge is 0.283 e. The number of amides is 1. The fourth-order valence-electron chi connectivity index (χ4n) is 2.49. The first-order valence-corrected chi connectivity index (χ1v) is 6.71. The minimum atomic E-state index is -0.383. The second kappa shape index (κ2) is 5.38. The Bertz CT molecular complexity index is 807. The Kier molecular flexibility index (Phi) is 3.41. The van der Waals surface area contributed by atoms with Crippen molar-refractivity contribution < 1.29 is 4.79 Å². The molecule has 0 atom stereocenters. The predicted octanol–water partition coefficient (Wildman–Crippen LogP) is 2.00. The van der Waals surface area contributed by atoms with Gasteiger partial charge >= 0.3 is 0 Å². The lowest BCUT2D eigenvalue weighted by Gasteiger charge is -2.09. The normalized spacial score (nSPS) is 10.8. The van der Waals surface area contributed by atoms with E-state index in [4.69, 9.17) is 5.84 Å². The third-order valence-corrected chi connectivity index (χ3v) is 3.51. The third-order valence-electron chi connectivity index (χ3n) is 3.51. The number of rotatable bonds is 3. The van der Waals surface area contributed by atoms with E-state index < -0.39 is 0 Å². The molecule has 2 aromatic heterocycles. The van der Waals surface area contributed by atoms with Crippen molar-refractivity contribution in [3.05, 3.63) is 65.6 Å². The number of aromatic nitrogens is 2. The second-order valence-electron chi connectivity index (χ2n) is 4.92. The highest BCUT2D eigenvalue weighted by Crippen LogP contribution is 2.20. The molecule has 0 aliphatic carbocycles. The molecule has 0 aliphatic rings. The minimum absolute atomic E-state index is 0.323. The summed E-state index contributed by atoms with van der Waals surface area (Å²) in [6.45, 7) is 2.68. The molecule has 0 radical (unpaired) electrons. The molecule has 5 heteroatoms. The molecule has 0 fully saturated rings. The van der Waals surface area contributed by atoms with Crippen molar-refractivity contribution in [2.75, 3.05) is 0 Å². The Balaban J connectivity index is 1.99. The molecule has 3 N–H and O–H groups in total. The maximum atomic E-state index is 11.5. The van der Waals surface area contributed by atoms with E-state index in [0.29, 0.717) is 12.2 Å². The molecule has 0 unspecified atom stereocenters. The van der Waals surface area contributed by atoms with Crippen molar-refractivity contribution in [2.24, 2.45) is 5.84 Å². The SMILES string of the molecule is Cc1cc2ccccc2n1Cc1cccc(C(=O)NN)n1. The number of pyridine rings is 1. The molecule has 3 aromatic rings. The van der Waals surface area contributed by atoms with Crippen molar-refractivity contribution in [1.82, 2.24) is 15.0 Å². The van der Waals surface area contributed by atoms with Gasteiger partial charge in [-0.2, -0.15) is 0 Å². The van der Waals surface area contributed by atoms with Gasteiger partial charge in [0.05, 0.1) is 12.2 Å². The summed E-state index contributed by atoms with van der Waals surface area (Å²) in [5.74, 6) is 4.76. The molecule has 0 saturated heterocycles. The highest BCUT2D eigenvalue weighted by Gasteiger charge is 2.09. The van der Waals surface area contributed by atoms with Gasteiger partial charge in [-0.25, -0.2) is 10.8 Å². The summed E-state index contributed by atoms with van der Waals surface area (Å²) in [5.41, 5.74) is 5.56. The van der Waals surface area contributed by atoms with Gasteiger partial charge in [0.2, 0.25) is 0 Å². The van der Waals surface area contributed by atoms with Crippen molar-refractivity contribution >= 4 is 16.8 Å². The summed E-state index contributed by atoms with van der Waals surface area (Å²) in [7, 11) is 0. The summed E-state index contributed by atoms with van der Waals surface area (Å²) >= 11 is 0. The fourth-order valence-corrected chi connectivity index (χ4v) is 2.49. The number of nitrogen functional groups attached to an aromatic ring is 1.